The molecular formula is C34H49. The third kappa shape index (κ3) is 9.44. The maximum atomic E-state index is 3.92. The van der Waals surface area contributed by atoms with Crippen molar-refractivity contribution in [2.45, 2.75) is 122 Å². The third-order valence-electron chi connectivity index (χ3n) is 7.57. The molecule has 3 aromatic rings. The van der Waals surface area contributed by atoms with Crippen molar-refractivity contribution in [2.75, 3.05) is 0 Å². The molecule has 0 aliphatic rings. The second-order valence-electron chi connectivity index (χ2n) is 10.4. The molecular weight excluding hydrogens is 408 g/mol. The van der Waals surface area contributed by atoms with Crippen LogP contribution in [-0.2, 0) is 6.42 Å². The van der Waals surface area contributed by atoms with Gasteiger partial charge in [-0.25, -0.2) is 0 Å². The van der Waals surface area contributed by atoms with Crippen LogP contribution in [0.15, 0.2) is 54.6 Å². The predicted molar refractivity (Wildman–Crippen MR) is 154 cm³/mol. The molecule has 0 unspecified atom stereocenters. The lowest BCUT2D eigenvalue weighted by Gasteiger charge is -2.09. The first-order valence-corrected chi connectivity index (χ1v) is 14.6. The first-order chi connectivity index (χ1) is 16.9. The quantitative estimate of drug-likeness (QED) is 0.124. The van der Waals surface area contributed by atoms with Crippen molar-refractivity contribution in [3.05, 3.63) is 67.1 Å². The monoisotopic (exact) mass is 457 g/mol. The van der Waals surface area contributed by atoms with Crippen molar-refractivity contribution >= 4 is 21.5 Å². The van der Waals surface area contributed by atoms with E-state index in [2.05, 4.69) is 61.5 Å². The molecule has 0 bridgehead atoms. The summed E-state index contributed by atoms with van der Waals surface area (Å²) in [6.07, 6.45) is 26.5. The van der Waals surface area contributed by atoms with Gasteiger partial charge in [0.05, 0.1) is 0 Å². The minimum Gasteiger partial charge on any atom is -0.0616 e. The number of hydrogen-bond acceptors (Lipinski definition) is 0. The van der Waals surface area contributed by atoms with Gasteiger partial charge in [0.2, 0.25) is 0 Å². The van der Waals surface area contributed by atoms with Crippen LogP contribution in [0.4, 0.5) is 0 Å². The van der Waals surface area contributed by atoms with Gasteiger partial charge in [-0.1, -0.05) is 171 Å². The molecule has 0 aliphatic carbocycles. The minimum absolute atomic E-state index is 1.11. The molecule has 34 heavy (non-hydrogen) atoms. The van der Waals surface area contributed by atoms with Crippen molar-refractivity contribution in [1.82, 2.24) is 0 Å². The van der Waals surface area contributed by atoms with Gasteiger partial charge in [-0.05, 0) is 39.9 Å². The summed E-state index contributed by atoms with van der Waals surface area (Å²) in [5, 5.41) is 5.60. The van der Waals surface area contributed by atoms with Gasteiger partial charge in [0.25, 0.3) is 0 Å². The van der Waals surface area contributed by atoms with E-state index in [4.69, 9.17) is 0 Å². The zero-order valence-corrected chi connectivity index (χ0v) is 21.8. The van der Waals surface area contributed by atoms with E-state index < -0.39 is 0 Å². The average molecular weight is 458 g/mol. The Bertz CT molecular complexity index is 922. The summed E-state index contributed by atoms with van der Waals surface area (Å²) in [5.74, 6) is 0. The van der Waals surface area contributed by atoms with Crippen molar-refractivity contribution in [3.8, 4) is 0 Å². The smallest absolute Gasteiger partial charge is 0.0103 e. The van der Waals surface area contributed by atoms with Crippen molar-refractivity contribution < 1.29 is 0 Å². The zero-order chi connectivity index (χ0) is 23.7. The molecule has 0 amide bonds. The summed E-state index contributed by atoms with van der Waals surface area (Å²) in [6, 6.07) is 20.3. The van der Waals surface area contributed by atoms with E-state index in [0.717, 1.165) is 6.42 Å². The lowest BCUT2D eigenvalue weighted by molar-refractivity contribution is 0.526. The van der Waals surface area contributed by atoms with Crippen LogP contribution in [0.5, 0.6) is 0 Å². The topological polar surface area (TPSA) is 0 Å². The summed E-state index contributed by atoms with van der Waals surface area (Å²) in [4.78, 5) is 0. The van der Waals surface area contributed by atoms with E-state index in [0.29, 0.717) is 0 Å². The number of unbranched alkanes of at least 4 members (excludes halogenated alkanes) is 17. The Morgan fingerprint density at radius 2 is 0.882 bits per heavy atom. The molecule has 0 aliphatic heterocycles. The Morgan fingerprint density at radius 3 is 1.47 bits per heavy atom. The first-order valence-electron chi connectivity index (χ1n) is 14.6. The SMILES string of the molecule is [CH2]CCCCCCCCCCCCCCCCCCCc1cccc2c1ccc1ccccc12. The molecule has 0 heterocycles. The van der Waals surface area contributed by atoms with Gasteiger partial charge in [-0.2, -0.15) is 0 Å². The maximum absolute atomic E-state index is 3.92. The van der Waals surface area contributed by atoms with Crippen LogP contribution in [0, 0.1) is 6.92 Å². The number of benzene rings is 3. The van der Waals surface area contributed by atoms with E-state index in [9.17, 15) is 0 Å². The van der Waals surface area contributed by atoms with Gasteiger partial charge in [0, 0.05) is 0 Å². The summed E-state index contributed by atoms with van der Waals surface area (Å²) in [7, 11) is 0. The van der Waals surface area contributed by atoms with Crippen molar-refractivity contribution in [1.29, 1.82) is 0 Å². The molecule has 0 N–H and O–H groups in total. The molecule has 1 radical (unpaired) electrons. The molecule has 0 aromatic heterocycles. The lowest BCUT2D eigenvalue weighted by atomic mass is 9.95. The van der Waals surface area contributed by atoms with E-state index in [-0.39, 0.29) is 0 Å². The summed E-state index contributed by atoms with van der Waals surface area (Å²) < 4.78 is 0. The highest BCUT2D eigenvalue weighted by atomic mass is 14.1. The van der Waals surface area contributed by atoms with Crippen molar-refractivity contribution in [2.24, 2.45) is 0 Å². The highest BCUT2D eigenvalue weighted by molar-refractivity contribution is 6.08. The molecule has 0 saturated carbocycles. The Balaban J connectivity index is 1.17. The van der Waals surface area contributed by atoms with Crippen LogP contribution in [0.1, 0.15) is 121 Å². The van der Waals surface area contributed by atoms with Crippen LogP contribution in [-0.4, -0.2) is 0 Å². The van der Waals surface area contributed by atoms with E-state index >= 15 is 0 Å². The first kappa shape index (κ1) is 26.8. The van der Waals surface area contributed by atoms with Gasteiger partial charge >= 0.3 is 0 Å². The number of fused-ring (bicyclic) bond motifs is 3. The number of aryl methyl sites for hydroxylation is 1. The molecule has 0 nitrogen and oxygen atoms in total. The van der Waals surface area contributed by atoms with Crippen LogP contribution < -0.4 is 0 Å². The van der Waals surface area contributed by atoms with Gasteiger partial charge < -0.3 is 0 Å². The van der Waals surface area contributed by atoms with Gasteiger partial charge in [0.15, 0.2) is 0 Å². The van der Waals surface area contributed by atoms with E-state index in [1.807, 2.05) is 0 Å². The normalized spacial score (nSPS) is 11.6. The lowest BCUT2D eigenvalue weighted by Crippen LogP contribution is -1.89. The summed E-state index contributed by atoms with van der Waals surface area (Å²) >= 11 is 0. The van der Waals surface area contributed by atoms with Gasteiger partial charge in [-0.15, -0.1) is 0 Å². The summed E-state index contributed by atoms with van der Waals surface area (Å²) in [5.41, 5.74) is 1.53. The number of hydrogen-bond donors (Lipinski definition) is 0. The van der Waals surface area contributed by atoms with Crippen molar-refractivity contribution in [3.63, 3.8) is 0 Å². The largest absolute Gasteiger partial charge is 0.0616 e. The second-order valence-corrected chi connectivity index (χ2v) is 10.4. The molecule has 185 valence electrons. The fourth-order valence-electron chi connectivity index (χ4n) is 5.47. The fourth-order valence-corrected chi connectivity index (χ4v) is 5.47. The predicted octanol–water partition coefficient (Wildman–Crippen LogP) is 11.4. The Labute approximate surface area is 210 Å². The highest BCUT2D eigenvalue weighted by Crippen LogP contribution is 2.28. The van der Waals surface area contributed by atoms with Gasteiger partial charge in [-0.3, -0.25) is 0 Å². The molecule has 0 saturated heterocycles. The Kier molecular flexibility index (Phi) is 13.2. The average Bonchev–Trinajstić information content (AvgIpc) is 2.88. The standard InChI is InChI=1S/C34H49/c1-2-3-4-5-6-7-8-9-10-11-12-13-14-15-16-17-18-19-23-30-25-22-27-34-32-26-21-20-24-31(32)28-29-33(30)34/h20-22,24-29H,1-19,23H2. The molecule has 3 rings (SSSR count). The van der Waals surface area contributed by atoms with Crippen LogP contribution in [0.25, 0.3) is 21.5 Å². The molecule has 0 atom stereocenters. The molecule has 3 aromatic carbocycles. The van der Waals surface area contributed by atoms with Crippen LogP contribution in [0.2, 0.25) is 0 Å². The van der Waals surface area contributed by atoms with Gasteiger partial charge in [0.1, 0.15) is 0 Å². The number of rotatable bonds is 19. The maximum Gasteiger partial charge on any atom is -0.0103 e. The fraction of sp³-hybridized carbons (Fsp3) is 0.559. The summed E-state index contributed by atoms with van der Waals surface area (Å²) in [6.45, 7) is 3.92. The molecule has 0 heteroatoms. The van der Waals surface area contributed by atoms with E-state index in [1.54, 1.807) is 0 Å². The molecule has 0 spiro atoms. The molecule has 0 fully saturated rings. The van der Waals surface area contributed by atoms with Crippen LogP contribution in [0.3, 0.4) is 0 Å². The zero-order valence-electron chi connectivity index (χ0n) is 21.8. The third-order valence-corrected chi connectivity index (χ3v) is 7.57. The van der Waals surface area contributed by atoms with Crippen LogP contribution >= 0.6 is 0 Å². The highest BCUT2D eigenvalue weighted by Gasteiger charge is 2.04. The Hall–Kier alpha value is -1.82. The minimum atomic E-state index is 1.11. The second kappa shape index (κ2) is 16.7. The Morgan fingerprint density at radius 1 is 0.382 bits per heavy atom. The van der Waals surface area contributed by atoms with E-state index in [1.165, 1.54) is 143 Å².